The molecule has 5 rings (SSSR count). The van der Waals surface area contributed by atoms with Crippen molar-refractivity contribution in [3.05, 3.63) is 91.1 Å². The van der Waals surface area contributed by atoms with Gasteiger partial charge in [0.25, 0.3) is 0 Å². The number of H-pyrrole nitrogens is 1. The topological polar surface area (TPSA) is 53.6 Å². The van der Waals surface area contributed by atoms with Gasteiger partial charge in [-0.15, -0.1) is 0 Å². The largest absolute Gasteiger partial charge is 0.388 e. The van der Waals surface area contributed by atoms with E-state index < -0.39 is 0 Å². The molecule has 4 nitrogen and oxygen atoms in total. The Kier molecular flexibility index (Phi) is 4.95. The lowest BCUT2D eigenvalue weighted by Crippen LogP contribution is -1.97. The molecule has 0 unspecified atom stereocenters. The van der Waals surface area contributed by atoms with Crippen LogP contribution in [0.4, 0.5) is 5.69 Å². The maximum absolute atomic E-state index is 4.80. The van der Waals surface area contributed by atoms with Crippen LogP contribution in [0.1, 0.15) is 0 Å². The van der Waals surface area contributed by atoms with Gasteiger partial charge in [0.05, 0.1) is 16.7 Å². The van der Waals surface area contributed by atoms with Crippen LogP contribution in [0.25, 0.3) is 33.4 Å². The van der Waals surface area contributed by atoms with Gasteiger partial charge in [-0.2, -0.15) is 0 Å². The third-order valence-corrected chi connectivity index (χ3v) is 5.96. The molecule has 0 aliphatic rings. The van der Waals surface area contributed by atoms with Gasteiger partial charge < -0.3 is 10.3 Å². The molecule has 0 aliphatic carbocycles. The van der Waals surface area contributed by atoms with Crippen LogP contribution in [0, 0.1) is 0 Å². The summed E-state index contributed by atoms with van der Waals surface area (Å²) >= 11 is 1.63. The van der Waals surface area contributed by atoms with Gasteiger partial charge in [-0.05, 0) is 29.8 Å². The van der Waals surface area contributed by atoms with Gasteiger partial charge in [0, 0.05) is 35.0 Å². The highest BCUT2D eigenvalue weighted by Crippen LogP contribution is 2.41. The molecule has 0 saturated heterocycles. The van der Waals surface area contributed by atoms with E-state index in [0.717, 1.165) is 49.2 Å². The summed E-state index contributed by atoms with van der Waals surface area (Å²) in [7, 11) is 1.95. The predicted molar refractivity (Wildman–Crippen MR) is 125 cm³/mol. The summed E-state index contributed by atoms with van der Waals surface area (Å²) in [5.74, 6) is 0. The molecule has 2 heterocycles. The second-order valence-electron chi connectivity index (χ2n) is 6.86. The molecule has 0 bridgehead atoms. The van der Waals surface area contributed by atoms with Gasteiger partial charge in [-0.1, -0.05) is 72.4 Å². The number of aromatic nitrogens is 3. The summed E-state index contributed by atoms with van der Waals surface area (Å²) in [6.07, 6.45) is 1.86. The summed E-state index contributed by atoms with van der Waals surface area (Å²) in [4.78, 5) is 14.0. The standard InChI is InChI=1S/C25H20N4S/c1-26-21-15-16-27-24(23(21)17-9-3-2-4-10-17)18-11-5-8-14-22(18)30-25-28-19-12-6-7-13-20(19)29-25/h2-16H,1H3,(H,26,27)(H,28,29). The molecule has 5 heteroatoms. The Hall–Kier alpha value is -3.57. The summed E-state index contributed by atoms with van der Waals surface area (Å²) < 4.78 is 0. The molecule has 30 heavy (non-hydrogen) atoms. The van der Waals surface area contributed by atoms with E-state index in [9.17, 15) is 0 Å². The quantitative estimate of drug-likeness (QED) is 0.349. The van der Waals surface area contributed by atoms with Crippen molar-refractivity contribution in [2.24, 2.45) is 0 Å². The molecule has 146 valence electrons. The molecule has 0 atom stereocenters. The van der Waals surface area contributed by atoms with E-state index in [2.05, 4.69) is 58.8 Å². The van der Waals surface area contributed by atoms with Gasteiger partial charge in [-0.3, -0.25) is 4.98 Å². The fraction of sp³-hybridized carbons (Fsp3) is 0.0400. The summed E-state index contributed by atoms with van der Waals surface area (Å²) in [5.41, 5.74) is 7.32. The average molecular weight is 409 g/mol. The molecule has 0 fully saturated rings. The molecule has 3 aromatic carbocycles. The van der Waals surface area contributed by atoms with E-state index in [0.29, 0.717) is 0 Å². The first-order chi connectivity index (χ1) is 14.8. The van der Waals surface area contributed by atoms with Crippen molar-refractivity contribution >= 4 is 28.5 Å². The number of anilines is 1. The minimum atomic E-state index is 0.870. The van der Waals surface area contributed by atoms with E-state index in [4.69, 9.17) is 9.97 Å². The molecule has 5 aromatic rings. The van der Waals surface area contributed by atoms with Crippen molar-refractivity contribution in [3.8, 4) is 22.4 Å². The molecular weight excluding hydrogens is 388 g/mol. The van der Waals surface area contributed by atoms with Gasteiger partial charge in [0.1, 0.15) is 0 Å². The summed E-state index contributed by atoms with van der Waals surface area (Å²) in [6, 6.07) is 28.8. The monoisotopic (exact) mass is 408 g/mol. The van der Waals surface area contributed by atoms with Crippen LogP contribution in [0.15, 0.2) is 101 Å². The zero-order chi connectivity index (χ0) is 20.3. The lowest BCUT2D eigenvalue weighted by molar-refractivity contribution is 1.08. The van der Waals surface area contributed by atoms with E-state index in [1.54, 1.807) is 11.8 Å². The number of benzene rings is 3. The average Bonchev–Trinajstić information content (AvgIpc) is 3.22. The van der Waals surface area contributed by atoms with Crippen LogP contribution in [-0.4, -0.2) is 22.0 Å². The zero-order valence-corrected chi connectivity index (χ0v) is 17.3. The number of pyridine rings is 1. The second kappa shape index (κ2) is 8.05. The van der Waals surface area contributed by atoms with Gasteiger partial charge in [-0.25, -0.2) is 4.98 Å². The predicted octanol–water partition coefficient (Wildman–Crippen LogP) is 6.48. The maximum atomic E-state index is 4.80. The molecule has 0 amide bonds. The molecule has 2 aromatic heterocycles. The third kappa shape index (κ3) is 3.44. The number of hydrogen-bond donors (Lipinski definition) is 2. The highest BCUT2D eigenvalue weighted by Gasteiger charge is 2.17. The second-order valence-corrected chi connectivity index (χ2v) is 7.89. The first kappa shape index (κ1) is 18.5. The molecule has 0 saturated carbocycles. The number of fused-ring (bicyclic) bond motifs is 1. The van der Waals surface area contributed by atoms with Crippen molar-refractivity contribution in [3.63, 3.8) is 0 Å². The minimum absolute atomic E-state index is 0.870. The van der Waals surface area contributed by atoms with Crippen molar-refractivity contribution < 1.29 is 0 Å². The van der Waals surface area contributed by atoms with E-state index in [1.807, 2.05) is 49.6 Å². The smallest absolute Gasteiger partial charge is 0.171 e. The van der Waals surface area contributed by atoms with E-state index in [-0.39, 0.29) is 0 Å². The van der Waals surface area contributed by atoms with Gasteiger partial charge in [0.15, 0.2) is 5.16 Å². The van der Waals surface area contributed by atoms with Crippen molar-refractivity contribution in [2.75, 3.05) is 12.4 Å². The Morgan fingerprint density at radius 2 is 1.60 bits per heavy atom. The number of hydrogen-bond acceptors (Lipinski definition) is 4. The molecule has 0 radical (unpaired) electrons. The SMILES string of the molecule is CNc1ccnc(-c2ccccc2Sc2nc3ccccc3[nH]2)c1-c1ccccc1. The Morgan fingerprint density at radius 3 is 2.43 bits per heavy atom. The van der Waals surface area contributed by atoms with E-state index >= 15 is 0 Å². The first-order valence-electron chi connectivity index (χ1n) is 9.77. The van der Waals surface area contributed by atoms with Crippen LogP contribution in [0.2, 0.25) is 0 Å². The number of aromatic amines is 1. The number of imidazole rings is 1. The molecule has 0 spiro atoms. The molecule has 0 aliphatic heterocycles. The Morgan fingerprint density at radius 1 is 0.833 bits per heavy atom. The number of nitrogens with one attached hydrogen (secondary N) is 2. The number of nitrogens with zero attached hydrogens (tertiary/aromatic N) is 2. The number of para-hydroxylation sites is 2. The van der Waals surface area contributed by atoms with Crippen molar-refractivity contribution in [1.82, 2.24) is 15.0 Å². The normalized spacial score (nSPS) is 11.0. The van der Waals surface area contributed by atoms with Crippen LogP contribution < -0.4 is 5.32 Å². The first-order valence-corrected chi connectivity index (χ1v) is 10.6. The molecule has 2 N–H and O–H groups in total. The molecular formula is C25H20N4S. The summed E-state index contributed by atoms with van der Waals surface area (Å²) in [6.45, 7) is 0. The fourth-order valence-electron chi connectivity index (χ4n) is 3.60. The van der Waals surface area contributed by atoms with Crippen molar-refractivity contribution in [2.45, 2.75) is 10.1 Å². The van der Waals surface area contributed by atoms with E-state index in [1.165, 1.54) is 0 Å². The van der Waals surface area contributed by atoms with Crippen molar-refractivity contribution in [1.29, 1.82) is 0 Å². The Bertz CT molecular complexity index is 1280. The summed E-state index contributed by atoms with van der Waals surface area (Å²) in [5, 5.41) is 4.20. The van der Waals surface area contributed by atoms with Gasteiger partial charge >= 0.3 is 0 Å². The highest BCUT2D eigenvalue weighted by molar-refractivity contribution is 7.99. The zero-order valence-electron chi connectivity index (χ0n) is 16.5. The van der Waals surface area contributed by atoms with Crippen LogP contribution in [0.3, 0.4) is 0 Å². The lowest BCUT2D eigenvalue weighted by Gasteiger charge is -2.16. The minimum Gasteiger partial charge on any atom is -0.388 e. The third-order valence-electron chi connectivity index (χ3n) is 5.00. The Balaban J connectivity index is 1.64. The maximum Gasteiger partial charge on any atom is 0.171 e. The highest BCUT2D eigenvalue weighted by atomic mass is 32.2. The Labute approximate surface area is 179 Å². The fourth-order valence-corrected chi connectivity index (χ4v) is 4.54. The van der Waals surface area contributed by atoms with Crippen LogP contribution >= 0.6 is 11.8 Å². The van der Waals surface area contributed by atoms with Crippen LogP contribution in [0.5, 0.6) is 0 Å². The van der Waals surface area contributed by atoms with Crippen LogP contribution in [-0.2, 0) is 0 Å². The lowest BCUT2D eigenvalue weighted by atomic mass is 9.97. The van der Waals surface area contributed by atoms with Gasteiger partial charge in [0.2, 0.25) is 0 Å². The number of rotatable bonds is 5.